The van der Waals surface area contributed by atoms with Gasteiger partial charge < -0.3 is 5.32 Å². The Hall–Kier alpha value is -2.60. The standard InChI is InChI=1S/C18H20N2O3S/c1-24(22,23)20-17-13-7-6-12-16(17)19-18(21)14-8-5-11-15-9-3-2-4-10-15/h2-7,9-13,20H,8,14H2,1H3,(H,19,21). The molecule has 0 saturated heterocycles. The summed E-state index contributed by atoms with van der Waals surface area (Å²) in [5.74, 6) is -0.171. The molecular formula is C18H20N2O3S. The van der Waals surface area contributed by atoms with E-state index in [0.717, 1.165) is 11.8 Å². The Morgan fingerprint density at radius 2 is 1.62 bits per heavy atom. The van der Waals surface area contributed by atoms with Crippen LogP contribution in [0.3, 0.4) is 0 Å². The number of amides is 1. The van der Waals surface area contributed by atoms with E-state index in [4.69, 9.17) is 0 Å². The first-order chi connectivity index (χ1) is 11.4. The van der Waals surface area contributed by atoms with Crippen LogP contribution in [0.15, 0.2) is 60.7 Å². The van der Waals surface area contributed by atoms with E-state index in [-0.39, 0.29) is 5.91 Å². The number of sulfonamides is 1. The molecule has 0 aliphatic heterocycles. The zero-order chi connectivity index (χ0) is 17.4. The average Bonchev–Trinajstić information content (AvgIpc) is 2.53. The van der Waals surface area contributed by atoms with Crippen LogP contribution >= 0.6 is 0 Å². The molecule has 0 radical (unpaired) electrons. The normalized spacial score (nSPS) is 11.4. The second-order valence-corrected chi connectivity index (χ2v) is 7.07. The van der Waals surface area contributed by atoms with Gasteiger partial charge in [0, 0.05) is 6.42 Å². The summed E-state index contributed by atoms with van der Waals surface area (Å²) in [4.78, 5) is 12.0. The smallest absolute Gasteiger partial charge is 0.229 e. The number of rotatable bonds is 7. The molecular weight excluding hydrogens is 324 g/mol. The van der Waals surface area contributed by atoms with Crippen LogP contribution in [0.2, 0.25) is 0 Å². The summed E-state index contributed by atoms with van der Waals surface area (Å²) in [5, 5.41) is 2.73. The first-order valence-corrected chi connectivity index (χ1v) is 9.41. The highest BCUT2D eigenvalue weighted by atomic mass is 32.2. The molecule has 2 rings (SSSR count). The maximum Gasteiger partial charge on any atom is 0.229 e. The fraction of sp³-hybridized carbons (Fsp3) is 0.167. The number of anilines is 2. The number of para-hydroxylation sites is 2. The molecule has 24 heavy (non-hydrogen) atoms. The molecule has 0 saturated carbocycles. The highest BCUT2D eigenvalue weighted by Gasteiger charge is 2.09. The van der Waals surface area contributed by atoms with Crippen LogP contribution in [0.25, 0.3) is 6.08 Å². The van der Waals surface area contributed by atoms with E-state index in [1.165, 1.54) is 0 Å². The van der Waals surface area contributed by atoms with Crippen LogP contribution in [0.5, 0.6) is 0 Å². The van der Waals surface area contributed by atoms with Gasteiger partial charge in [0.2, 0.25) is 15.9 Å². The van der Waals surface area contributed by atoms with E-state index in [1.807, 2.05) is 42.5 Å². The second-order valence-electron chi connectivity index (χ2n) is 5.32. The van der Waals surface area contributed by atoms with Crippen LogP contribution in [0.4, 0.5) is 11.4 Å². The summed E-state index contributed by atoms with van der Waals surface area (Å²) in [7, 11) is -3.40. The summed E-state index contributed by atoms with van der Waals surface area (Å²) < 4.78 is 25.1. The SMILES string of the molecule is CS(=O)(=O)Nc1ccccc1NC(=O)CCC=Cc1ccccc1. The van der Waals surface area contributed by atoms with Gasteiger partial charge in [-0.2, -0.15) is 0 Å². The van der Waals surface area contributed by atoms with Crippen LogP contribution in [-0.2, 0) is 14.8 Å². The maximum atomic E-state index is 12.0. The Balaban J connectivity index is 1.90. The molecule has 126 valence electrons. The zero-order valence-corrected chi connectivity index (χ0v) is 14.2. The Kier molecular flexibility index (Phi) is 6.14. The number of carbonyl (C=O) groups excluding carboxylic acids is 1. The van der Waals surface area contributed by atoms with Crippen molar-refractivity contribution in [3.8, 4) is 0 Å². The van der Waals surface area contributed by atoms with Crippen molar-refractivity contribution in [2.75, 3.05) is 16.3 Å². The Morgan fingerprint density at radius 1 is 1.00 bits per heavy atom. The monoisotopic (exact) mass is 344 g/mol. The van der Waals surface area contributed by atoms with Gasteiger partial charge in [-0.15, -0.1) is 0 Å². The molecule has 2 aromatic rings. The molecule has 0 fully saturated rings. The molecule has 0 bridgehead atoms. The largest absolute Gasteiger partial charge is 0.324 e. The zero-order valence-electron chi connectivity index (χ0n) is 13.4. The first kappa shape index (κ1) is 17.7. The van der Waals surface area contributed by atoms with Crippen LogP contribution in [-0.4, -0.2) is 20.6 Å². The van der Waals surface area contributed by atoms with Crippen molar-refractivity contribution < 1.29 is 13.2 Å². The third-order valence-corrected chi connectivity index (χ3v) is 3.74. The lowest BCUT2D eigenvalue weighted by Gasteiger charge is -2.11. The highest BCUT2D eigenvalue weighted by molar-refractivity contribution is 7.92. The number of hydrogen-bond acceptors (Lipinski definition) is 3. The van der Waals surface area contributed by atoms with E-state index in [2.05, 4.69) is 10.0 Å². The van der Waals surface area contributed by atoms with Crippen molar-refractivity contribution in [1.29, 1.82) is 0 Å². The molecule has 0 spiro atoms. The minimum atomic E-state index is -3.40. The van der Waals surface area contributed by atoms with Gasteiger partial charge in [-0.1, -0.05) is 54.6 Å². The van der Waals surface area contributed by atoms with E-state index in [1.54, 1.807) is 24.3 Å². The van der Waals surface area contributed by atoms with Crippen LogP contribution in [0, 0.1) is 0 Å². The fourth-order valence-corrected chi connectivity index (χ4v) is 2.67. The fourth-order valence-electron chi connectivity index (χ4n) is 2.09. The van der Waals surface area contributed by atoms with Gasteiger partial charge in [0.05, 0.1) is 17.6 Å². The van der Waals surface area contributed by atoms with E-state index in [0.29, 0.717) is 24.2 Å². The lowest BCUT2D eigenvalue weighted by Crippen LogP contribution is -2.15. The quantitative estimate of drug-likeness (QED) is 0.807. The Bertz CT molecular complexity index is 815. The maximum absolute atomic E-state index is 12.0. The van der Waals surface area contributed by atoms with E-state index in [9.17, 15) is 13.2 Å². The second kappa shape index (κ2) is 8.31. The van der Waals surface area contributed by atoms with Gasteiger partial charge in [-0.3, -0.25) is 9.52 Å². The van der Waals surface area contributed by atoms with Crippen molar-refractivity contribution in [3.05, 3.63) is 66.2 Å². The molecule has 2 aromatic carbocycles. The number of carbonyl (C=O) groups is 1. The molecule has 5 nitrogen and oxygen atoms in total. The van der Waals surface area contributed by atoms with E-state index < -0.39 is 10.0 Å². The molecule has 0 aromatic heterocycles. The van der Waals surface area contributed by atoms with Gasteiger partial charge in [-0.25, -0.2) is 8.42 Å². The molecule has 0 heterocycles. The summed E-state index contributed by atoms with van der Waals surface area (Å²) in [6.07, 6.45) is 5.89. The highest BCUT2D eigenvalue weighted by Crippen LogP contribution is 2.22. The van der Waals surface area contributed by atoms with Crippen molar-refractivity contribution >= 4 is 33.4 Å². The number of nitrogens with one attached hydrogen (secondary N) is 2. The summed E-state index contributed by atoms with van der Waals surface area (Å²) >= 11 is 0. The summed E-state index contributed by atoms with van der Waals surface area (Å²) in [6.45, 7) is 0. The molecule has 6 heteroatoms. The Labute approximate surface area is 142 Å². The topological polar surface area (TPSA) is 75.3 Å². The number of hydrogen-bond donors (Lipinski definition) is 2. The third-order valence-electron chi connectivity index (χ3n) is 3.14. The lowest BCUT2D eigenvalue weighted by molar-refractivity contribution is -0.116. The van der Waals surface area contributed by atoms with E-state index >= 15 is 0 Å². The van der Waals surface area contributed by atoms with Crippen LogP contribution < -0.4 is 10.0 Å². The molecule has 0 aliphatic rings. The molecule has 2 N–H and O–H groups in total. The molecule has 0 atom stereocenters. The summed E-state index contributed by atoms with van der Waals surface area (Å²) in [5.41, 5.74) is 1.88. The number of allylic oxidation sites excluding steroid dienone is 1. The van der Waals surface area contributed by atoms with Crippen molar-refractivity contribution in [2.45, 2.75) is 12.8 Å². The van der Waals surface area contributed by atoms with Gasteiger partial charge in [-0.05, 0) is 24.1 Å². The van der Waals surface area contributed by atoms with Gasteiger partial charge in [0.25, 0.3) is 0 Å². The predicted molar refractivity (Wildman–Crippen MR) is 98.2 cm³/mol. The molecule has 0 unspecified atom stereocenters. The molecule has 1 amide bonds. The van der Waals surface area contributed by atoms with Crippen molar-refractivity contribution in [2.24, 2.45) is 0 Å². The average molecular weight is 344 g/mol. The molecule has 0 aliphatic carbocycles. The minimum Gasteiger partial charge on any atom is -0.324 e. The van der Waals surface area contributed by atoms with Gasteiger partial charge >= 0.3 is 0 Å². The third kappa shape index (κ3) is 6.26. The van der Waals surface area contributed by atoms with Crippen molar-refractivity contribution in [3.63, 3.8) is 0 Å². The van der Waals surface area contributed by atoms with Crippen LogP contribution in [0.1, 0.15) is 18.4 Å². The van der Waals surface area contributed by atoms with Crippen molar-refractivity contribution in [1.82, 2.24) is 0 Å². The number of benzene rings is 2. The lowest BCUT2D eigenvalue weighted by atomic mass is 10.2. The minimum absolute atomic E-state index is 0.171. The Morgan fingerprint density at radius 3 is 2.29 bits per heavy atom. The van der Waals surface area contributed by atoms with Gasteiger partial charge in [0.15, 0.2) is 0 Å². The van der Waals surface area contributed by atoms with Gasteiger partial charge in [0.1, 0.15) is 0 Å². The first-order valence-electron chi connectivity index (χ1n) is 7.52. The summed E-state index contributed by atoms with van der Waals surface area (Å²) in [6, 6.07) is 16.5. The predicted octanol–water partition coefficient (Wildman–Crippen LogP) is 3.49.